The van der Waals surface area contributed by atoms with Gasteiger partial charge in [-0.2, -0.15) is 0 Å². The second-order valence-electron chi connectivity index (χ2n) is 6.61. The van der Waals surface area contributed by atoms with E-state index in [9.17, 15) is 4.79 Å². The molecule has 0 bridgehead atoms. The molecule has 0 spiro atoms. The van der Waals surface area contributed by atoms with Crippen LogP contribution in [0.5, 0.6) is 0 Å². The van der Waals surface area contributed by atoms with Gasteiger partial charge in [-0.3, -0.25) is 4.79 Å². The third kappa shape index (κ3) is 5.53. The Morgan fingerprint density at radius 1 is 1.11 bits per heavy atom. The minimum absolute atomic E-state index is 0.0704. The normalized spacial score (nSPS) is 10.9. The van der Waals surface area contributed by atoms with Gasteiger partial charge in [0.05, 0.1) is 12.1 Å². The fourth-order valence-corrected chi connectivity index (χ4v) is 2.79. The van der Waals surface area contributed by atoms with Gasteiger partial charge in [0.25, 0.3) is 0 Å². The summed E-state index contributed by atoms with van der Waals surface area (Å²) in [6, 6.07) is 18.0. The van der Waals surface area contributed by atoms with E-state index in [4.69, 9.17) is 4.42 Å². The maximum absolute atomic E-state index is 12.2. The fourth-order valence-electron chi connectivity index (χ4n) is 2.79. The number of nitrogens with zero attached hydrogens (tertiary/aromatic N) is 2. The number of oxazole rings is 1. The van der Waals surface area contributed by atoms with E-state index in [1.165, 1.54) is 5.56 Å². The fraction of sp³-hybridized carbons (Fsp3) is 0.273. The average molecular weight is 363 g/mol. The zero-order valence-corrected chi connectivity index (χ0v) is 15.8. The Kier molecular flexibility index (Phi) is 6.39. The lowest BCUT2D eigenvalue weighted by atomic mass is 10.1. The molecule has 0 fully saturated rings. The van der Waals surface area contributed by atoms with Gasteiger partial charge < -0.3 is 14.6 Å². The monoisotopic (exact) mass is 363 g/mol. The van der Waals surface area contributed by atoms with E-state index in [0.29, 0.717) is 18.1 Å². The van der Waals surface area contributed by atoms with Gasteiger partial charge in [-0.25, -0.2) is 4.98 Å². The highest BCUT2D eigenvalue weighted by atomic mass is 16.3. The highest BCUT2D eigenvalue weighted by molar-refractivity contribution is 5.78. The van der Waals surface area contributed by atoms with Crippen LogP contribution in [0.25, 0.3) is 11.5 Å². The van der Waals surface area contributed by atoms with Crippen molar-refractivity contribution in [1.29, 1.82) is 0 Å². The minimum atomic E-state index is -0.0704. The third-order valence-corrected chi connectivity index (χ3v) is 4.39. The van der Waals surface area contributed by atoms with Crippen LogP contribution in [0.2, 0.25) is 0 Å². The van der Waals surface area contributed by atoms with Gasteiger partial charge in [0.15, 0.2) is 0 Å². The molecule has 140 valence electrons. The first-order chi connectivity index (χ1) is 13.1. The first-order valence-electron chi connectivity index (χ1n) is 9.17. The van der Waals surface area contributed by atoms with Crippen molar-refractivity contribution in [2.75, 3.05) is 13.6 Å². The second kappa shape index (κ2) is 9.14. The summed E-state index contributed by atoms with van der Waals surface area (Å²) >= 11 is 0. The molecule has 3 rings (SSSR count). The summed E-state index contributed by atoms with van der Waals surface area (Å²) in [4.78, 5) is 18.9. The molecule has 0 aliphatic carbocycles. The quantitative estimate of drug-likeness (QED) is 0.664. The van der Waals surface area contributed by atoms with E-state index >= 15 is 0 Å². The van der Waals surface area contributed by atoms with Crippen LogP contribution in [0.1, 0.15) is 23.7 Å². The molecule has 5 heteroatoms. The molecule has 0 radical (unpaired) electrons. The zero-order chi connectivity index (χ0) is 19.1. The van der Waals surface area contributed by atoms with Crippen molar-refractivity contribution in [2.24, 2.45) is 0 Å². The molecule has 1 N–H and O–H groups in total. The molecule has 0 saturated heterocycles. The number of hydrogen-bond acceptors (Lipinski definition) is 4. The lowest BCUT2D eigenvalue weighted by Crippen LogP contribution is -2.24. The molecule has 1 amide bonds. The molecule has 0 aliphatic heterocycles. The van der Waals surface area contributed by atoms with E-state index in [2.05, 4.69) is 41.3 Å². The number of carbonyl (C=O) groups excluding carboxylic acids is 1. The van der Waals surface area contributed by atoms with Crippen LogP contribution in [-0.4, -0.2) is 29.4 Å². The van der Waals surface area contributed by atoms with Crippen molar-refractivity contribution < 1.29 is 9.21 Å². The van der Waals surface area contributed by atoms with Gasteiger partial charge in [0.1, 0.15) is 6.26 Å². The van der Waals surface area contributed by atoms with Crippen molar-refractivity contribution >= 4 is 5.91 Å². The van der Waals surface area contributed by atoms with Crippen LogP contribution in [0.4, 0.5) is 0 Å². The summed E-state index contributed by atoms with van der Waals surface area (Å²) in [7, 11) is 2.09. The number of hydrogen-bond donors (Lipinski definition) is 1. The van der Waals surface area contributed by atoms with E-state index in [1.54, 1.807) is 6.26 Å². The van der Waals surface area contributed by atoms with Crippen LogP contribution in [-0.2, 0) is 24.3 Å². The van der Waals surface area contributed by atoms with Crippen molar-refractivity contribution in [3.63, 3.8) is 0 Å². The molecular weight excluding hydrogens is 338 g/mol. The van der Waals surface area contributed by atoms with Crippen molar-refractivity contribution in [2.45, 2.75) is 26.4 Å². The highest BCUT2D eigenvalue weighted by Gasteiger charge is 2.10. The average Bonchev–Trinajstić information content (AvgIpc) is 3.16. The molecule has 2 aromatic carbocycles. The summed E-state index contributed by atoms with van der Waals surface area (Å²) in [5.74, 6) is 0.463. The van der Waals surface area contributed by atoms with Crippen LogP contribution in [0, 0.1) is 0 Å². The molecule has 1 heterocycles. The van der Waals surface area contributed by atoms with E-state index in [1.807, 2.05) is 42.5 Å². The molecule has 0 atom stereocenters. The second-order valence-corrected chi connectivity index (χ2v) is 6.61. The molecule has 0 saturated carbocycles. The van der Waals surface area contributed by atoms with Gasteiger partial charge in [-0.1, -0.05) is 49.4 Å². The maximum Gasteiger partial charge on any atom is 0.226 e. The Hall–Kier alpha value is -2.92. The van der Waals surface area contributed by atoms with Gasteiger partial charge in [-0.05, 0) is 36.9 Å². The predicted octanol–water partition coefficient (Wildman–Crippen LogP) is 3.65. The topological polar surface area (TPSA) is 58.4 Å². The Labute approximate surface area is 160 Å². The van der Waals surface area contributed by atoms with Gasteiger partial charge in [-0.15, -0.1) is 0 Å². The first kappa shape index (κ1) is 18.9. The number of carbonyl (C=O) groups is 1. The largest absolute Gasteiger partial charge is 0.444 e. The number of rotatable bonds is 8. The van der Waals surface area contributed by atoms with Crippen LogP contribution in [0.15, 0.2) is 65.3 Å². The van der Waals surface area contributed by atoms with Crippen molar-refractivity contribution in [1.82, 2.24) is 15.2 Å². The molecule has 27 heavy (non-hydrogen) atoms. The summed E-state index contributed by atoms with van der Waals surface area (Å²) in [6.45, 7) is 4.55. The van der Waals surface area contributed by atoms with Crippen LogP contribution in [0.3, 0.4) is 0 Å². The third-order valence-electron chi connectivity index (χ3n) is 4.39. The van der Waals surface area contributed by atoms with Gasteiger partial charge in [0.2, 0.25) is 11.8 Å². The molecular formula is C22H25N3O2. The SMILES string of the molecule is CCN(C)Cc1cccc(CNC(=O)Cc2coc(-c3ccccc3)n2)c1. The van der Waals surface area contributed by atoms with E-state index in [0.717, 1.165) is 24.2 Å². The number of benzene rings is 2. The smallest absolute Gasteiger partial charge is 0.226 e. The molecule has 3 aromatic rings. The Morgan fingerprint density at radius 2 is 1.89 bits per heavy atom. The van der Waals surface area contributed by atoms with Gasteiger partial charge >= 0.3 is 0 Å². The highest BCUT2D eigenvalue weighted by Crippen LogP contribution is 2.18. The van der Waals surface area contributed by atoms with Crippen LogP contribution < -0.4 is 5.32 Å². The number of amides is 1. The summed E-state index contributed by atoms with van der Waals surface area (Å²) in [5, 5.41) is 2.96. The number of nitrogens with one attached hydrogen (secondary N) is 1. The van der Waals surface area contributed by atoms with E-state index in [-0.39, 0.29) is 12.3 Å². The Balaban J connectivity index is 1.53. The maximum atomic E-state index is 12.2. The summed E-state index contributed by atoms with van der Waals surface area (Å²) < 4.78 is 5.48. The summed E-state index contributed by atoms with van der Waals surface area (Å²) in [6.07, 6.45) is 1.75. The summed E-state index contributed by atoms with van der Waals surface area (Å²) in [5.41, 5.74) is 3.87. The van der Waals surface area contributed by atoms with Crippen molar-refractivity contribution in [3.05, 3.63) is 77.7 Å². The molecule has 0 aliphatic rings. The molecule has 1 aromatic heterocycles. The van der Waals surface area contributed by atoms with Gasteiger partial charge in [0, 0.05) is 18.7 Å². The lowest BCUT2D eigenvalue weighted by molar-refractivity contribution is -0.120. The minimum Gasteiger partial charge on any atom is -0.444 e. The standard InChI is InChI=1S/C22H25N3O2/c1-3-25(2)15-18-9-7-8-17(12-18)14-23-21(26)13-20-16-27-22(24-20)19-10-5-4-6-11-19/h4-12,16H,3,13-15H2,1-2H3,(H,23,26). The first-order valence-corrected chi connectivity index (χ1v) is 9.17. The van der Waals surface area contributed by atoms with Crippen LogP contribution >= 0.6 is 0 Å². The molecule has 5 nitrogen and oxygen atoms in total. The van der Waals surface area contributed by atoms with E-state index < -0.39 is 0 Å². The van der Waals surface area contributed by atoms with Crippen molar-refractivity contribution in [3.8, 4) is 11.5 Å². The number of aromatic nitrogens is 1. The Morgan fingerprint density at radius 3 is 2.67 bits per heavy atom. The zero-order valence-electron chi connectivity index (χ0n) is 15.8. The Bertz CT molecular complexity index is 874. The lowest BCUT2D eigenvalue weighted by Gasteiger charge is -2.14. The predicted molar refractivity (Wildman–Crippen MR) is 106 cm³/mol. The molecule has 0 unspecified atom stereocenters.